The van der Waals surface area contributed by atoms with Crippen molar-refractivity contribution in [2.24, 2.45) is 4.99 Å². The molecule has 28 heavy (non-hydrogen) atoms. The molecule has 0 saturated carbocycles. The van der Waals surface area contributed by atoms with Crippen molar-refractivity contribution in [2.45, 2.75) is 38.8 Å². The number of carbonyl (C=O) groups excluding carboxylic acids is 1. The first kappa shape index (κ1) is 18.5. The molecule has 0 radical (unpaired) electrons. The number of benzene rings is 2. The Balaban J connectivity index is 1.66. The smallest absolute Gasteiger partial charge is 0.221 e. The number of aliphatic imine (C=N–C) groups is 1. The molecule has 4 rings (SSSR count). The highest BCUT2D eigenvalue weighted by molar-refractivity contribution is 6.10. The Morgan fingerprint density at radius 1 is 1.18 bits per heavy atom. The van der Waals surface area contributed by atoms with Crippen molar-refractivity contribution in [1.29, 1.82) is 0 Å². The molecular weight excluding hydrogens is 352 g/mol. The van der Waals surface area contributed by atoms with Crippen LogP contribution in [0.2, 0.25) is 0 Å². The Hall–Kier alpha value is -2.86. The zero-order valence-electron chi connectivity index (χ0n) is 16.3. The van der Waals surface area contributed by atoms with Gasteiger partial charge in [-0.1, -0.05) is 29.8 Å². The molecule has 3 N–H and O–H groups in total. The topological polar surface area (TPSA) is 74.8 Å². The summed E-state index contributed by atoms with van der Waals surface area (Å²) in [5.41, 5.74) is 4.89. The molecule has 146 valence electrons. The van der Waals surface area contributed by atoms with Gasteiger partial charge in [0.25, 0.3) is 0 Å². The minimum absolute atomic E-state index is 0.0852. The fourth-order valence-corrected chi connectivity index (χ4v) is 3.86. The van der Waals surface area contributed by atoms with E-state index >= 15 is 0 Å². The number of nitrogens with one attached hydrogen (secondary N) is 3. The third-order valence-corrected chi connectivity index (χ3v) is 5.27. The molecule has 0 atom stereocenters. The summed E-state index contributed by atoms with van der Waals surface area (Å²) in [6.45, 7) is 5.64. The van der Waals surface area contributed by atoms with Crippen molar-refractivity contribution in [1.82, 2.24) is 0 Å². The van der Waals surface area contributed by atoms with Crippen LogP contribution in [-0.2, 0) is 16.1 Å². The van der Waals surface area contributed by atoms with Crippen LogP contribution >= 0.6 is 0 Å². The van der Waals surface area contributed by atoms with Crippen molar-refractivity contribution >= 4 is 28.8 Å². The average Bonchev–Trinajstić information content (AvgIpc) is 2.67. The van der Waals surface area contributed by atoms with Gasteiger partial charge in [-0.2, -0.15) is 0 Å². The van der Waals surface area contributed by atoms with Crippen LogP contribution in [0.5, 0.6) is 0 Å². The van der Waals surface area contributed by atoms with Gasteiger partial charge in [0.1, 0.15) is 5.84 Å². The number of nitrogens with zero attached hydrogens (tertiary/aromatic N) is 1. The van der Waals surface area contributed by atoms with Crippen LogP contribution in [0.3, 0.4) is 0 Å². The SMILES string of the molecule is CC(=O)Nc1ccc2c(c1)NC(=NCc1cccc(C)c1)C1(CCOCC1)N2. The van der Waals surface area contributed by atoms with Gasteiger partial charge >= 0.3 is 0 Å². The number of hydrogen-bond acceptors (Lipinski definition) is 4. The fraction of sp³-hybridized carbons (Fsp3) is 0.364. The summed E-state index contributed by atoms with van der Waals surface area (Å²) in [5, 5.41) is 10.1. The number of aryl methyl sites for hydroxylation is 1. The Morgan fingerprint density at radius 2 is 2.00 bits per heavy atom. The van der Waals surface area contributed by atoms with Crippen LogP contribution in [0, 0.1) is 6.92 Å². The van der Waals surface area contributed by atoms with Gasteiger partial charge in [0.15, 0.2) is 0 Å². The van der Waals surface area contributed by atoms with Crippen LogP contribution in [0.1, 0.15) is 30.9 Å². The van der Waals surface area contributed by atoms with E-state index < -0.39 is 0 Å². The standard InChI is InChI=1S/C22H26N4O2/c1-15-4-3-5-17(12-15)14-23-21-22(8-10-28-11-9-22)26-19-7-6-18(24-16(2)27)13-20(19)25-21/h3-7,12-13,26H,8-11,14H2,1-2H3,(H,23,25)(H,24,27). The van der Waals surface area contributed by atoms with Crippen LogP contribution in [0.4, 0.5) is 17.1 Å². The highest BCUT2D eigenvalue weighted by Gasteiger charge is 2.41. The first-order valence-electron chi connectivity index (χ1n) is 9.69. The summed E-state index contributed by atoms with van der Waals surface area (Å²) in [5.74, 6) is 0.850. The van der Waals surface area contributed by atoms with Gasteiger partial charge in [-0.3, -0.25) is 9.79 Å². The molecule has 1 spiro atoms. The molecule has 1 amide bonds. The van der Waals surface area contributed by atoms with Crippen LogP contribution < -0.4 is 16.0 Å². The van der Waals surface area contributed by atoms with Gasteiger partial charge in [-0.25, -0.2) is 0 Å². The predicted molar refractivity (Wildman–Crippen MR) is 113 cm³/mol. The molecule has 0 aliphatic carbocycles. The van der Waals surface area contributed by atoms with E-state index in [0.29, 0.717) is 19.8 Å². The van der Waals surface area contributed by atoms with Crippen molar-refractivity contribution in [3.05, 3.63) is 53.6 Å². The largest absolute Gasteiger partial charge is 0.381 e. The van der Waals surface area contributed by atoms with Crippen molar-refractivity contribution < 1.29 is 9.53 Å². The molecule has 2 aliphatic heterocycles. The van der Waals surface area contributed by atoms with Crippen LogP contribution in [-0.4, -0.2) is 30.5 Å². The number of carbonyl (C=O) groups is 1. The molecule has 0 aromatic heterocycles. The second-order valence-electron chi connectivity index (χ2n) is 7.54. The zero-order valence-corrected chi connectivity index (χ0v) is 16.3. The average molecular weight is 378 g/mol. The van der Waals surface area contributed by atoms with Gasteiger partial charge in [0, 0.05) is 38.7 Å². The van der Waals surface area contributed by atoms with Crippen molar-refractivity contribution in [3.8, 4) is 0 Å². The molecule has 2 aliphatic rings. The van der Waals surface area contributed by atoms with Gasteiger partial charge in [-0.05, 0) is 30.7 Å². The quantitative estimate of drug-likeness (QED) is 0.756. The number of hydrogen-bond donors (Lipinski definition) is 3. The molecule has 6 heteroatoms. The third-order valence-electron chi connectivity index (χ3n) is 5.27. The van der Waals surface area contributed by atoms with E-state index in [1.165, 1.54) is 18.1 Å². The lowest BCUT2D eigenvalue weighted by atomic mass is 9.86. The number of amidine groups is 1. The number of rotatable bonds is 3. The maximum atomic E-state index is 11.4. The summed E-state index contributed by atoms with van der Waals surface area (Å²) in [4.78, 5) is 16.4. The summed E-state index contributed by atoms with van der Waals surface area (Å²) < 4.78 is 5.60. The monoisotopic (exact) mass is 378 g/mol. The molecular formula is C22H26N4O2. The van der Waals surface area contributed by atoms with Crippen molar-refractivity contribution in [2.75, 3.05) is 29.2 Å². The normalized spacial score (nSPS) is 18.9. The third kappa shape index (κ3) is 3.87. The second-order valence-corrected chi connectivity index (χ2v) is 7.54. The van der Waals surface area contributed by atoms with E-state index in [-0.39, 0.29) is 11.4 Å². The Bertz CT molecular complexity index is 917. The number of fused-ring (bicyclic) bond motifs is 1. The first-order chi connectivity index (χ1) is 13.5. The number of amides is 1. The maximum absolute atomic E-state index is 11.4. The van der Waals surface area contributed by atoms with Gasteiger partial charge < -0.3 is 20.7 Å². The lowest BCUT2D eigenvalue weighted by Gasteiger charge is -2.43. The van der Waals surface area contributed by atoms with E-state index in [1.54, 1.807) is 0 Å². The highest BCUT2D eigenvalue weighted by Crippen LogP contribution is 2.38. The molecule has 1 saturated heterocycles. The van der Waals surface area contributed by atoms with E-state index in [0.717, 1.165) is 35.7 Å². The number of ether oxygens (including phenoxy) is 1. The molecule has 1 fully saturated rings. The second kappa shape index (κ2) is 7.64. The Labute approximate surface area is 165 Å². The number of anilines is 3. The minimum Gasteiger partial charge on any atom is -0.381 e. The molecule has 0 bridgehead atoms. The zero-order chi connectivity index (χ0) is 19.6. The van der Waals surface area contributed by atoms with E-state index in [2.05, 4.69) is 47.1 Å². The highest BCUT2D eigenvalue weighted by atomic mass is 16.5. The molecule has 6 nitrogen and oxygen atoms in total. The first-order valence-corrected chi connectivity index (χ1v) is 9.69. The fourth-order valence-electron chi connectivity index (χ4n) is 3.86. The Morgan fingerprint density at radius 3 is 2.75 bits per heavy atom. The van der Waals surface area contributed by atoms with Gasteiger partial charge in [-0.15, -0.1) is 0 Å². The van der Waals surface area contributed by atoms with Crippen LogP contribution in [0.15, 0.2) is 47.5 Å². The van der Waals surface area contributed by atoms with E-state index in [4.69, 9.17) is 9.73 Å². The lowest BCUT2D eigenvalue weighted by Crippen LogP contribution is -2.55. The molecule has 2 heterocycles. The van der Waals surface area contributed by atoms with E-state index in [1.807, 2.05) is 18.2 Å². The minimum atomic E-state index is -0.245. The van der Waals surface area contributed by atoms with Crippen molar-refractivity contribution in [3.63, 3.8) is 0 Å². The molecule has 0 unspecified atom stereocenters. The molecule has 2 aromatic rings. The maximum Gasteiger partial charge on any atom is 0.221 e. The summed E-state index contributed by atoms with van der Waals surface area (Å²) >= 11 is 0. The van der Waals surface area contributed by atoms with Gasteiger partial charge in [0.05, 0.1) is 23.5 Å². The predicted octanol–water partition coefficient (Wildman–Crippen LogP) is 3.94. The van der Waals surface area contributed by atoms with Gasteiger partial charge in [0.2, 0.25) is 5.91 Å². The summed E-state index contributed by atoms with van der Waals surface area (Å²) in [7, 11) is 0. The molecule has 2 aromatic carbocycles. The van der Waals surface area contributed by atoms with E-state index in [9.17, 15) is 4.79 Å². The van der Waals surface area contributed by atoms with Crippen LogP contribution in [0.25, 0.3) is 0 Å². The Kier molecular flexibility index (Phi) is 5.05. The summed E-state index contributed by atoms with van der Waals surface area (Å²) in [6.07, 6.45) is 1.72. The lowest BCUT2D eigenvalue weighted by molar-refractivity contribution is -0.114. The summed E-state index contributed by atoms with van der Waals surface area (Å²) in [6, 6.07) is 14.3.